The summed E-state index contributed by atoms with van der Waals surface area (Å²) in [5, 5.41) is 0. The molecule has 0 unspecified atom stereocenters. The van der Waals surface area contributed by atoms with Gasteiger partial charge in [0.05, 0.1) is 6.42 Å². The quantitative estimate of drug-likeness (QED) is 0.550. The van der Waals surface area contributed by atoms with Crippen LogP contribution >= 0.6 is 0 Å². The predicted octanol–water partition coefficient (Wildman–Crippen LogP) is -0.108. The number of ether oxygens (including phenoxy) is 1. The van der Waals surface area contributed by atoms with E-state index in [1.54, 1.807) is 24.3 Å². The van der Waals surface area contributed by atoms with Crippen molar-refractivity contribution in [2.75, 3.05) is 0 Å². The number of carbonyl (C=O) groups is 3. The number of esters is 2. The minimum Gasteiger partial charge on any atom is -0.392 e. The fourth-order valence-electron chi connectivity index (χ4n) is 1.40. The summed E-state index contributed by atoms with van der Waals surface area (Å²) in [7, 11) is 0. The summed E-state index contributed by atoms with van der Waals surface area (Å²) >= 11 is 0. The predicted molar refractivity (Wildman–Crippen MR) is 67.6 cm³/mol. The molecule has 1 amide bonds. The smallest absolute Gasteiger partial charge is 0.330 e. The van der Waals surface area contributed by atoms with Crippen molar-refractivity contribution in [3.63, 3.8) is 0 Å². The molecule has 1 aromatic rings. The highest BCUT2D eigenvalue weighted by molar-refractivity contribution is 5.89. The van der Waals surface area contributed by atoms with E-state index in [1.807, 2.05) is 6.07 Å². The van der Waals surface area contributed by atoms with Crippen molar-refractivity contribution in [2.24, 2.45) is 11.5 Å². The largest absolute Gasteiger partial charge is 0.392 e. The van der Waals surface area contributed by atoms with E-state index in [-0.39, 0.29) is 19.3 Å². The summed E-state index contributed by atoms with van der Waals surface area (Å²) in [5.41, 5.74) is 11.1. The van der Waals surface area contributed by atoms with Crippen LogP contribution in [0.5, 0.6) is 0 Å². The van der Waals surface area contributed by atoms with Gasteiger partial charge < -0.3 is 16.2 Å². The van der Waals surface area contributed by atoms with E-state index in [1.165, 1.54) is 0 Å². The Hall–Kier alpha value is -2.21. The number of carbonyl (C=O) groups excluding carboxylic acids is 3. The summed E-state index contributed by atoms with van der Waals surface area (Å²) < 4.78 is 4.59. The first-order valence-electron chi connectivity index (χ1n) is 5.81. The highest BCUT2D eigenvalue weighted by atomic mass is 16.6. The van der Waals surface area contributed by atoms with Gasteiger partial charge in [0, 0.05) is 6.42 Å². The van der Waals surface area contributed by atoms with E-state index in [0.29, 0.717) is 0 Å². The fourth-order valence-corrected chi connectivity index (χ4v) is 1.40. The lowest BCUT2D eigenvalue weighted by Crippen LogP contribution is -2.35. The molecular formula is C13H16N2O4. The second kappa shape index (κ2) is 7.27. The molecule has 6 heteroatoms. The van der Waals surface area contributed by atoms with Gasteiger partial charge in [0.1, 0.15) is 6.04 Å². The normalized spacial score (nSPS) is 11.6. The molecule has 0 heterocycles. The molecule has 1 aromatic carbocycles. The lowest BCUT2D eigenvalue weighted by molar-refractivity contribution is -0.160. The number of rotatable bonds is 6. The summed E-state index contributed by atoms with van der Waals surface area (Å²) in [4.78, 5) is 33.4. The zero-order valence-corrected chi connectivity index (χ0v) is 10.4. The minimum atomic E-state index is -1.02. The molecule has 0 bridgehead atoms. The molecular weight excluding hydrogens is 248 g/mol. The lowest BCUT2D eigenvalue weighted by atomic mass is 10.1. The van der Waals surface area contributed by atoms with Crippen LogP contribution in [0, 0.1) is 0 Å². The van der Waals surface area contributed by atoms with Gasteiger partial charge in [0.25, 0.3) is 0 Å². The van der Waals surface area contributed by atoms with Gasteiger partial charge in [-0.25, -0.2) is 4.79 Å². The van der Waals surface area contributed by atoms with Gasteiger partial charge in [-0.3, -0.25) is 9.59 Å². The molecule has 6 nitrogen and oxygen atoms in total. The van der Waals surface area contributed by atoms with Crippen LogP contribution in [0.4, 0.5) is 0 Å². The highest BCUT2D eigenvalue weighted by Gasteiger charge is 2.19. The Balaban J connectivity index is 2.39. The number of hydrogen-bond acceptors (Lipinski definition) is 5. The molecule has 0 saturated carbocycles. The number of amides is 1. The molecule has 0 radical (unpaired) electrons. The fraction of sp³-hybridized carbons (Fsp3) is 0.308. The zero-order chi connectivity index (χ0) is 14.3. The minimum absolute atomic E-state index is 0.00484. The van der Waals surface area contributed by atoms with Gasteiger partial charge in [-0.2, -0.15) is 0 Å². The van der Waals surface area contributed by atoms with Crippen molar-refractivity contribution >= 4 is 17.8 Å². The van der Waals surface area contributed by atoms with Crippen LogP contribution in [0.15, 0.2) is 30.3 Å². The first-order valence-corrected chi connectivity index (χ1v) is 5.81. The molecule has 1 rings (SSSR count). The van der Waals surface area contributed by atoms with Gasteiger partial charge in [-0.1, -0.05) is 30.3 Å². The molecule has 0 aliphatic heterocycles. The van der Waals surface area contributed by atoms with Crippen molar-refractivity contribution < 1.29 is 19.1 Å². The van der Waals surface area contributed by atoms with Crippen LogP contribution in [0.2, 0.25) is 0 Å². The molecule has 0 aliphatic rings. The van der Waals surface area contributed by atoms with Crippen molar-refractivity contribution in [3.05, 3.63) is 35.9 Å². The van der Waals surface area contributed by atoms with Crippen LogP contribution < -0.4 is 11.5 Å². The number of benzene rings is 1. The molecule has 102 valence electrons. The third-order valence-corrected chi connectivity index (χ3v) is 2.41. The van der Waals surface area contributed by atoms with Crippen LogP contribution in [0.1, 0.15) is 18.4 Å². The topological polar surface area (TPSA) is 112 Å². The molecule has 19 heavy (non-hydrogen) atoms. The van der Waals surface area contributed by atoms with Gasteiger partial charge in [0.15, 0.2) is 0 Å². The van der Waals surface area contributed by atoms with E-state index in [2.05, 4.69) is 4.74 Å². The van der Waals surface area contributed by atoms with Crippen molar-refractivity contribution in [1.82, 2.24) is 0 Å². The van der Waals surface area contributed by atoms with Crippen LogP contribution in [-0.2, 0) is 25.5 Å². The average Bonchev–Trinajstić information content (AvgIpc) is 2.36. The third kappa shape index (κ3) is 5.78. The van der Waals surface area contributed by atoms with Gasteiger partial charge in [0.2, 0.25) is 5.91 Å². The van der Waals surface area contributed by atoms with E-state index in [4.69, 9.17) is 11.5 Å². The molecule has 0 spiro atoms. The average molecular weight is 264 g/mol. The molecule has 1 atom stereocenters. The summed E-state index contributed by atoms with van der Waals surface area (Å²) in [6.45, 7) is 0. The van der Waals surface area contributed by atoms with Crippen LogP contribution in [-0.4, -0.2) is 23.9 Å². The van der Waals surface area contributed by atoms with E-state index < -0.39 is 23.9 Å². The van der Waals surface area contributed by atoms with Crippen molar-refractivity contribution in [2.45, 2.75) is 25.3 Å². The molecule has 0 aliphatic carbocycles. The molecule has 4 N–H and O–H groups in total. The Morgan fingerprint density at radius 3 is 2.37 bits per heavy atom. The number of hydrogen-bond donors (Lipinski definition) is 2. The molecule has 0 fully saturated rings. The molecule has 0 aromatic heterocycles. The monoisotopic (exact) mass is 264 g/mol. The maximum absolute atomic E-state index is 11.5. The third-order valence-electron chi connectivity index (χ3n) is 2.41. The SMILES string of the molecule is NC(=O)CC[C@H](N)C(=O)OC(=O)Cc1ccccc1. The first-order chi connectivity index (χ1) is 8.99. The summed E-state index contributed by atoms with van der Waals surface area (Å²) in [6.07, 6.45) is 0.0328. The maximum atomic E-state index is 11.5. The Bertz CT molecular complexity index is 459. The summed E-state index contributed by atoms with van der Waals surface area (Å²) in [6, 6.07) is 7.86. The van der Waals surface area contributed by atoms with Crippen molar-refractivity contribution in [1.29, 1.82) is 0 Å². The van der Waals surface area contributed by atoms with Crippen LogP contribution in [0.3, 0.4) is 0 Å². The lowest BCUT2D eigenvalue weighted by Gasteiger charge is -2.09. The molecule has 0 saturated heterocycles. The van der Waals surface area contributed by atoms with Crippen LogP contribution in [0.25, 0.3) is 0 Å². The Morgan fingerprint density at radius 1 is 1.16 bits per heavy atom. The second-order valence-electron chi connectivity index (χ2n) is 4.07. The zero-order valence-electron chi connectivity index (χ0n) is 10.4. The first kappa shape index (κ1) is 14.8. The maximum Gasteiger partial charge on any atom is 0.330 e. The number of primary amides is 1. The van der Waals surface area contributed by atoms with E-state index >= 15 is 0 Å². The highest BCUT2D eigenvalue weighted by Crippen LogP contribution is 2.03. The standard InChI is InChI=1S/C13H16N2O4/c14-10(6-7-11(15)16)13(18)19-12(17)8-9-4-2-1-3-5-9/h1-5,10H,6-8,14H2,(H2,15,16)/t10-/m0/s1. The Morgan fingerprint density at radius 2 is 1.79 bits per heavy atom. The van der Waals surface area contributed by atoms with Gasteiger partial charge in [-0.05, 0) is 12.0 Å². The van der Waals surface area contributed by atoms with E-state index in [0.717, 1.165) is 5.56 Å². The summed E-state index contributed by atoms with van der Waals surface area (Å²) in [5.74, 6) is -2.08. The second-order valence-corrected chi connectivity index (χ2v) is 4.07. The Kier molecular flexibility index (Phi) is 5.69. The van der Waals surface area contributed by atoms with E-state index in [9.17, 15) is 14.4 Å². The number of nitrogens with two attached hydrogens (primary N) is 2. The Labute approximate surface area is 110 Å². The van der Waals surface area contributed by atoms with Gasteiger partial charge >= 0.3 is 11.9 Å². The van der Waals surface area contributed by atoms with Crippen molar-refractivity contribution in [3.8, 4) is 0 Å². The van der Waals surface area contributed by atoms with Gasteiger partial charge in [-0.15, -0.1) is 0 Å².